The second-order valence-electron chi connectivity index (χ2n) is 7.77. The summed E-state index contributed by atoms with van der Waals surface area (Å²) in [6.07, 6.45) is 5.24. The lowest BCUT2D eigenvalue weighted by Gasteiger charge is -2.38. The molecule has 2 aliphatic heterocycles. The monoisotopic (exact) mass is 409 g/mol. The minimum atomic E-state index is 0. The van der Waals surface area contributed by atoms with Gasteiger partial charge in [-0.15, -0.1) is 12.4 Å². The zero-order chi connectivity index (χ0) is 19.4. The predicted molar refractivity (Wildman–Crippen MR) is 112 cm³/mol. The average Bonchev–Trinajstić information content (AvgIpc) is 3.15. The molecule has 1 aromatic carbocycles. The van der Waals surface area contributed by atoms with Crippen molar-refractivity contribution in [3.05, 3.63) is 29.8 Å². The van der Waals surface area contributed by atoms with E-state index in [4.69, 9.17) is 10.5 Å². The lowest BCUT2D eigenvalue weighted by atomic mass is 9.97. The standard InChI is InChI=1S/C21H31N3O3.ClH/c1-15-5-3-6-16(2)24(15)20(25)14-27-19-10-8-17(9-11-19)21(26)23-12-4-7-18(23)13-22;/h8-11,15-16,18H,3-7,12-14,22H2,1-2H3;1H. The third-order valence-electron chi connectivity index (χ3n) is 5.86. The second-order valence-corrected chi connectivity index (χ2v) is 7.77. The van der Waals surface area contributed by atoms with Crippen molar-refractivity contribution in [3.63, 3.8) is 0 Å². The smallest absolute Gasteiger partial charge is 0.260 e. The van der Waals surface area contributed by atoms with Crippen molar-refractivity contribution in [2.24, 2.45) is 5.73 Å². The lowest BCUT2D eigenvalue weighted by molar-refractivity contribution is -0.139. The number of ether oxygens (including phenoxy) is 1. The summed E-state index contributed by atoms with van der Waals surface area (Å²) in [6, 6.07) is 7.72. The molecule has 0 spiro atoms. The minimum absolute atomic E-state index is 0. The van der Waals surface area contributed by atoms with Gasteiger partial charge < -0.3 is 20.3 Å². The summed E-state index contributed by atoms with van der Waals surface area (Å²) in [7, 11) is 0. The summed E-state index contributed by atoms with van der Waals surface area (Å²) >= 11 is 0. The molecular weight excluding hydrogens is 378 g/mol. The number of likely N-dealkylation sites (tertiary alicyclic amines) is 2. The molecule has 156 valence electrons. The Bertz CT molecular complexity index is 657. The zero-order valence-corrected chi connectivity index (χ0v) is 17.6. The van der Waals surface area contributed by atoms with Gasteiger partial charge in [0.25, 0.3) is 11.8 Å². The highest BCUT2D eigenvalue weighted by atomic mass is 35.5. The molecule has 0 radical (unpaired) electrons. The fourth-order valence-electron chi connectivity index (χ4n) is 4.34. The molecule has 6 nitrogen and oxygen atoms in total. The van der Waals surface area contributed by atoms with Gasteiger partial charge in [0.1, 0.15) is 5.75 Å². The molecule has 1 aromatic rings. The summed E-state index contributed by atoms with van der Waals surface area (Å²) in [5, 5.41) is 0. The number of hydrogen-bond donors (Lipinski definition) is 1. The Morgan fingerprint density at radius 3 is 2.32 bits per heavy atom. The van der Waals surface area contributed by atoms with Crippen LogP contribution >= 0.6 is 12.4 Å². The second kappa shape index (κ2) is 10.1. The van der Waals surface area contributed by atoms with Crippen LogP contribution in [0.5, 0.6) is 5.75 Å². The molecule has 0 bridgehead atoms. The molecule has 7 heteroatoms. The molecule has 3 rings (SSSR count). The van der Waals surface area contributed by atoms with E-state index in [0.29, 0.717) is 17.9 Å². The predicted octanol–water partition coefficient (Wildman–Crippen LogP) is 2.84. The van der Waals surface area contributed by atoms with Gasteiger partial charge in [-0.05, 0) is 70.2 Å². The maximum atomic E-state index is 12.6. The summed E-state index contributed by atoms with van der Waals surface area (Å²) in [4.78, 5) is 29.0. The number of rotatable bonds is 5. The van der Waals surface area contributed by atoms with E-state index in [9.17, 15) is 9.59 Å². The van der Waals surface area contributed by atoms with Gasteiger partial charge in [-0.2, -0.15) is 0 Å². The van der Waals surface area contributed by atoms with Crippen molar-refractivity contribution < 1.29 is 14.3 Å². The highest BCUT2D eigenvalue weighted by Gasteiger charge is 2.30. The quantitative estimate of drug-likeness (QED) is 0.811. The molecule has 2 N–H and O–H groups in total. The molecule has 3 unspecified atom stereocenters. The molecule has 2 fully saturated rings. The number of nitrogens with two attached hydrogens (primary N) is 1. The number of carbonyl (C=O) groups excluding carboxylic acids is 2. The molecule has 3 atom stereocenters. The Hall–Kier alpha value is -1.79. The maximum Gasteiger partial charge on any atom is 0.260 e. The first kappa shape index (κ1) is 22.5. The molecule has 2 aliphatic rings. The lowest BCUT2D eigenvalue weighted by Crippen LogP contribution is -2.49. The number of carbonyl (C=O) groups is 2. The number of piperidine rings is 1. The Morgan fingerprint density at radius 2 is 1.71 bits per heavy atom. The first-order chi connectivity index (χ1) is 13.0. The van der Waals surface area contributed by atoms with Crippen LogP contribution in [0.25, 0.3) is 0 Å². The van der Waals surface area contributed by atoms with E-state index in [-0.39, 0.29) is 49.0 Å². The topological polar surface area (TPSA) is 75.9 Å². The third kappa shape index (κ3) is 4.97. The van der Waals surface area contributed by atoms with Crippen LogP contribution in [0.3, 0.4) is 0 Å². The van der Waals surface area contributed by atoms with Crippen LogP contribution in [0.2, 0.25) is 0 Å². The molecule has 2 amide bonds. The van der Waals surface area contributed by atoms with Gasteiger partial charge in [0.05, 0.1) is 0 Å². The van der Waals surface area contributed by atoms with Crippen molar-refractivity contribution in [2.75, 3.05) is 19.7 Å². The normalized spacial score (nSPS) is 24.6. The first-order valence-corrected chi connectivity index (χ1v) is 10.1. The Kier molecular flexibility index (Phi) is 8.13. The summed E-state index contributed by atoms with van der Waals surface area (Å²) < 4.78 is 5.68. The summed E-state index contributed by atoms with van der Waals surface area (Å²) in [6.45, 7) is 5.49. The number of hydrogen-bond acceptors (Lipinski definition) is 4. The van der Waals surface area contributed by atoms with Gasteiger partial charge in [-0.3, -0.25) is 9.59 Å². The van der Waals surface area contributed by atoms with E-state index in [2.05, 4.69) is 13.8 Å². The van der Waals surface area contributed by atoms with E-state index >= 15 is 0 Å². The van der Waals surface area contributed by atoms with E-state index in [1.54, 1.807) is 24.3 Å². The Balaban J connectivity index is 0.00000280. The van der Waals surface area contributed by atoms with E-state index in [0.717, 1.165) is 32.2 Å². The molecule has 0 aromatic heterocycles. The fourth-order valence-corrected chi connectivity index (χ4v) is 4.34. The van der Waals surface area contributed by atoms with Gasteiger partial charge in [0.2, 0.25) is 0 Å². The van der Waals surface area contributed by atoms with Crippen LogP contribution in [0.15, 0.2) is 24.3 Å². The van der Waals surface area contributed by atoms with Crippen LogP contribution in [-0.4, -0.2) is 59.4 Å². The van der Waals surface area contributed by atoms with Gasteiger partial charge >= 0.3 is 0 Å². The van der Waals surface area contributed by atoms with Crippen molar-refractivity contribution in [1.82, 2.24) is 9.80 Å². The van der Waals surface area contributed by atoms with Gasteiger partial charge in [-0.25, -0.2) is 0 Å². The SMILES string of the molecule is CC1CCCC(C)N1C(=O)COc1ccc(C(=O)N2CCCC2CN)cc1.Cl. The van der Waals surface area contributed by atoms with Crippen LogP contribution < -0.4 is 10.5 Å². The van der Waals surface area contributed by atoms with Crippen molar-refractivity contribution in [2.45, 2.75) is 64.1 Å². The van der Waals surface area contributed by atoms with Crippen LogP contribution in [0.4, 0.5) is 0 Å². The molecular formula is C21H32ClN3O3. The van der Waals surface area contributed by atoms with E-state index in [1.165, 1.54) is 6.42 Å². The van der Waals surface area contributed by atoms with Gasteiger partial charge in [0.15, 0.2) is 6.61 Å². The largest absolute Gasteiger partial charge is 0.484 e. The number of nitrogens with zero attached hydrogens (tertiary/aromatic N) is 2. The minimum Gasteiger partial charge on any atom is -0.484 e. The Labute approximate surface area is 173 Å². The van der Waals surface area contributed by atoms with E-state index < -0.39 is 0 Å². The highest BCUT2D eigenvalue weighted by molar-refractivity contribution is 5.94. The molecule has 2 saturated heterocycles. The maximum absolute atomic E-state index is 12.6. The average molecular weight is 410 g/mol. The fraction of sp³-hybridized carbons (Fsp3) is 0.619. The third-order valence-corrected chi connectivity index (χ3v) is 5.86. The van der Waals surface area contributed by atoms with E-state index in [1.807, 2.05) is 9.80 Å². The molecule has 0 saturated carbocycles. The van der Waals surface area contributed by atoms with Gasteiger partial charge in [0, 0.05) is 36.8 Å². The van der Waals surface area contributed by atoms with Crippen molar-refractivity contribution in [3.8, 4) is 5.75 Å². The van der Waals surface area contributed by atoms with Crippen LogP contribution in [0, 0.1) is 0 Å². The first-order valence-electron chi connectivity index (χ1n) is 10.1. The molecule has 2 heterocycles. The summed E-state index contributed by atoms with van der Waals surface area (Å²) in [5.41, 5.74) is 6.39. The highest BCUT2D eigenvalue weighted by Crippen LogP contribution is 2.23. The van der Waals surface area contributed by atoms with Crippen LogP contribution in [0.1, 0.15) is 56.3 Å². The summed E-state index contributed by atoms with van der Waals surface area (Å²) in [5.74, 6) is 0.647. The molecule has 28 heavy (non-hydrogen) atoms. The number of amides is 2. The van der Waals surface area contributed by atoms with Crippen molar-refractivity contribution in [1.29, 1.82) is 0 Å². The number of benzene rings is 1. The zero-order valence-electron chi connectivity index (χ0n) is 16.8. The van der Waals surface area contributed by atoms with Gasteiger partial charge in [-0.1, -0.05) is 0 Å². The Morgan fingerprint density at radius 1 is 1.07 bits per heavy atom. The molecule has 0 aliphatic carbocycles. The number of halogens is 1. The van der Waals surface area contributed by atoms with Crippen molar-refractivity contribution >= 4 is 24.2 Å². The van der Waals surface area contributed by atoms with Crippen LogP contribution in [-0.2, 0) is 4.79 Å².